The van der Waals surface area contributed by atoms with Crippen molar-refractivity contribution in [1.29, 1.82) is 0 Å². The lowest BCUT2D eigenvalue weighted by Crippen LogP contribution is -2.29. The van der Waals surface area contributed by atoms with Gasteiger partial charge in [0.25, 0.3) is 11.5 Å². The molecule has 1 aliphatic rings. The average molecular weight is 502 g/mol. The normalized spacial score (nSPS) is 17.1. The number of amides is 1. The van der Waals surface area contributed by atoms with Crippen molar-refractivity contribution in [2.75, 3.05) is 12.0 Å². The number of aliphatic hydroxyl groups is 1. The van der Waals surface area contributed by atoms with Crippen molar-refractivity contribution in [3.05, 3.63) is 99.1 Å². The summed E-state index contributed by atoms with van der Waals surface area (Å²) in [5.41, 5.74) is 2.11. The van der Waals surface area contributed by atoms with Gasteiger partial charge in [-0.2, -0.15) is 0 Å². The predicted molar refractivity (Wildman–Crippen MR) is 135 cm³/mol. The highest BCUT2D eigenvalue weighted by atomic mass is 32.1. The van der Waals surface area contributed by atoms with Crippen LogP contribution in [0.3, 0.4) is 0 Å². The Morgan fingerprint density at radius 3 is 2.42 bits per heavy atom. The highest BCUT2D eigenvalue weighted by molar-refractivity contribution is 7.22. The smallest absolute Gasteiger partial charge is 0.301 e. The van der Waals surface area contributed by atoms with Crippen LogP contribution in [0.25, 0.3) is 16.0 Å². The van der Waals surface area contributed by atoms with E-state index in [-0.39, 0.29) is 22.2 Å². The first-order valence-electron chi connectivity index (χ1n) is 10.9. The van der Waals surface area contributed by atoms with Gasteiger partial charge in [-0.25, -0.2) is 4.98 Å². The molecule has 1 aliphatic heterocycles. The fourth-order valence-corrected chi connectivity index (χ4v) is 5.13. The van der Waals surface area contributed by atoms with Crippen LogP contribution in [0.2, 0.25) is 0 Å². The van der Waals surface area contributed by atoms with E-state index in [9.17, 15) is 24.8 Å². The number of carbonyl (C=O) groups is 2. The van der Waals surface area contributed by atoms with Crippen LogP contribution in [0.4, 0.5) is 10.8 Å². The molecular formula is C26H19N3O6S. The molecule has 0 saturated carbocycles. The highest BCUT2D eigenvalue weighted by Crippen LogP contribution is 2.44. The number of ether oxygens (including phenoxy) is 1. The summed E-state index contributed by atoms with van der Waals surface area (Å²) in [4.78, 5) is 43.1. The number of benzene rings is 3. The molecule has 0 bridgehead atoms. The molecule has 1 amide bonds. The SMILES string of the molecule is COc1ccc2nc(N3C(=O)C(=O)/C(=C(/O)c4ccc(C)cc4)[C@@H]3c3ccc([N+](=O)[O-])cc3)sc2c1. The third-order valence-electron chi connectivity index (χ3n) is 5.98. The van der Waals surface area contributed by atoms with Gasteiger partial charge in [0.05, 0.1) is 33.9 Å². The van der Waals surface area contributed by atoms with Crippen molar-refractivity contribution < 1.29 is 24.4 Å². The number of non-ortho nitro benzene ring substituents is 1. The summed E-state index contributed by atoms with van der Waals surface area (Å²) in [6.45, 7) is 1.89. The van der Waals surface area contributed by atoms with Crippen molar-refractivity contribution in [2.45, 2.75) is 13.0 Å². The summed E-state index contributed by atoms with van der Waals surface area (Å²) in [5, 5.41) is 22.6. The first kappa shape index (κ1) is 23.2. The van der Waals surface area contributed by atoms with Gasteiger partial charge in [0.15, 0.2) is 5.13 Å². The van der Waals surface area contributed by atoms with Crippen molar-refractivity contribution in [1.82, 2.24) is 4.98 Å². The molecule has 1 N–H and O–H groups in total. The Labute approximate surface area is 209 Å². The molecule has 0 aliphatic carbocycles. The number of fused-ring (bicyclic) bond motifs is 1. The number of nitro benzene ring substituents is 1. The Hall–Kier alpha value is -4.57. The van der Waals surface area contributed by atoms with Gasteiger partial charge in [-0.15, -0.1) is 0 Å². The second-order valence-corrected chi connectivity index (χ2v) is 9.22. The third kappa shape index (κ3) is 3.87. The van der Waals surface area contributed by atoms with Crippen LogP contribution in [0.5, 0.6) is 5.75 Å². The van der Waals surface area contributed by atoms with Crippen LogP contribution in [0, 0.1) is 17.0 Å². The molecule has 1 atom stereocenters. The lowest BCUT2D eigenvalue weighted by Gasteiger charge is -2.22. The van der Waals surface area contributed by atoms with Crippen LogP contribution in [-0.2, 0) is 9.59 Å². The number of methoxy groups -OCH3 is 1. The molecule has 1 aromatic heterocycles. The number of Topliss-reactive ketones (excluding diaryl/α,β-unsaturated/α-hetero) is 1. The summed E-state index contributed by atoms with van der Waals surface area (Å²) in [6.07, 6.45) is 0. The summed E-state index contributed by atoms with van der Waals surface area (Å²) < 4.78 is 6.01. The lowest BCUT2D eigenvalue weighted by atomic mass is 9.95. The van der Waals surface area contributed by atoms with Crippen LogP contribution >= 0.6 is 11.3 Å². The minimum absolute atomic E-state index is 0.116. The average Bonchev–Trinajstić information content (AvgIpc) is 3.41. The molecule has 180 valence electrons. The Balaban J connectivity index is 1.71. The van der Waals surface area contributed by atoms with E-state index in [2.05, 4.69) is 4.98 Å². The number of aryl methyl sites for hydroxylation is 1. The molecule has 0 radical (unpaired) electrons. The van der Waals surface area contributed by atoms with Gasteiger partial charge < -0.3 is 9.84 Å². The largest absolute Gasteiger partial charge is 0.507 e. The van der Waals surface area contributed by atoms with E-state index in [1.807, 2.05) is 6.92 Å². The standard InChI is InChI=1S/C26H19N3O6S/c1-14-3-5-16(6-4-14)23(30)21-22(15-7-9-17(10-8-15)29(33)34)28(25(32)24(21)31)26-27-19-12-11-18(35-2)13-20(19)36-26/h3-13,22,30H,1-2H3/b23-21+/t22-/m0/s1. The predicted octanol–water partition coefficient (Wildman–Crippen LogP) is 5.15. The van der Waals surface area contributed by atoms with E-state index >= 15 is 0 Å². The minimum Gasteiger partial charge on any atom is -0.507 e. The zero-order chi connectivity index (χ0) is 25.6. The Morgan fingerprint density at radius 2 is 1.78 bits per heavy atom. The lowest BCUT2D eigenvalue weighted by molar-refractivity contribution is -0.384. The fraction of sp³-hybridized carbons (Fsp3) is 0.115. The molecule has 1 fully saturated rings. The van der Waals surface area contributed by atoms with Gasteiger partial charge in [-0.05, 0) is 42.8 Å². The van der Waals surface area contributed by atoms with Crippen molar-refractivity contribution in [3.8, 4) is 5.75 Å². The topological polar surface area (TPSA) is 123 Å². The van der Waals surface area contributed by atoms with Gasteiger partial charge in [0, 0.05) is 17.7 Å². The summed E-state index contributed by atoms with van der Waals surface area (Å²) in [7, 11) is 1.54. The summed E-state index contributed by atoms with van der Waals surface area (Å²) >= 11 is 1.20. The van der Waals surface area contributed by atoms with E-state index in [0.717, 1.165) is 10.3 Å². The molecule has 4 aromatic rings. The van der Waals surface area contributed by atoms with Gasteiger partial charge in [0.1, 0.15) is 11.5 Å². The maximum absolute atomic E-state index is 13.3. The minimum atomic E-state index is -1.03. The number of thiazole rings is 1. The third-order valence-corrected chi connectivity index (χ3v) is 7.00. The first-order valence-corrected chi connectivity index (χ1v) is 11.7. The number of nitrogens with zero attached hydrogens (tertiary/aromatic N) is 3. The molecule has 10 heteroatoms. The first-order chi connectivity index (χ1) is 17.3. The van der Waals surface area contributed by atoms with Crippen LogP contribution in [0.1, 0.15) is 22.7 Å². The van der Waals surface area contributed by atoms with Gasteiger partial charge in [-0.1, -0.05) is 41.2 Å². The van der Waals surface area contributed by atoms with Gasteiger partial charge in [0.2, 0.25) is 0 Å². The maximum Gasteiger partial charge on any atom is 0.301 e. The molecule has 5 rings (SSSR count). The number of rotatable bonds is 5. The number of hydrogen-bond donors (Lipinski definition) is 1. The molecular weight excluding hydrogens is 482 g/mol. The number of nitro groups is 1. The quantitative estimate of drug-likeness (QED) is 0.132. The maximum atomic E-state index is 13.3. The van der Waals surface area contributed by atoms with Gasteiger partial charge >= 0.3 is 5.91 Å². The van der Waals surface area contributed by atoms with E-state index in [1.54, 1.807) is 49.6 Å². The molecule has 0 unspecified atom stereocenters. The second-order valence-electron chi connectivity index (χ2n) is 8.21. The molecule has 9 nitrogen and oxygen atoms in total. The zero-order valence-corrected chi connectivity index (χ0v) is 20.0. The number of aromatic nitrogens is 1. The summed E-state index contributed by atoms with van der Waals surface area (Å²) in [5.74, 6) is -1.43. The monoisotopic (exact) mass is 501 g/mol. The van der Waals surface area contributed by atoms with E-state index < -0.39 is 22.7 Å². The molecule has 0 spiro atoms. The Kier molecular flexibility index (Phi) is 5.73. The molecule has 3 aromatic carbocycles. The number of aliphatic hydroxyl groups excluding tert-OH is 1. The van der Waals surface area contributed by atoms with Crippen LogP contribution < -0.4 is 9.64 Å². The van der Waals surface area contributed by atoms with Crippen molar-refractivity contribution in [3.63, 3.8) is 0 Å². The van der Waals surface area contributed by atoms with Crippen LogP contribution in [0.15, 0.2) is 72.3 Å². The van der Waals surface area contributed by atoms with Crippen LogP contribution in [-0.4, -0.2) is 33.8 Å². The second kappa shape index (κ2) is 8.90. The molecule has 2 heterocycles. The number of anilines is 1. The Morgan fingerprint density at radius 1 is 1.08 bits per heavy atom. The number of ketones is 1. The van der Waals surface area contributed by atoms with E-state index in [1.165, 1.54) is 40.5 Å². The van der Waals surface area contributed by atoms with E-state index in [4.69, 9.17) is 4.74 Å². The van der Waals surface area contributed by atoms with E-state index in [0.29, 0.717) is 22.4 Å². The zero-order valence-electron chi connectivity index (χ0n) is 19.2. The highest BCUT2D eigenvalue weighted by Gasteiger charge is 2.48. The number of hydrogen-bond acceptors (Lipinski definition) is 8. The van der Waals surface area contributed by atoms with Gasteiger partial charge in [-0.3, -0.25) is 24.6 Å². The molecule has 1 saturated heterocycles. The summed E-state index contributed by atoms with van der Waals surface area (Å²) in [6, 6.07) is 16.7. The molecule has 36 heavy (non-hydrogen) atoms. The number of carbonyl (C=O) groups excluding carboxylic acids is 2. The Bertz CT molecular complexity index is 1560. The fourth-order valence-electron chi connectivity index (χ4n) is 4.11. The van der Waals surface area contributed by atoms with Crippen molar-refractivity contribution >= 4 is 49.8 Å². The van der Waals surface area contributed by atoms with Crippen molar-refractivity contribution in [2.24, 2.45) is 0 Å².